The topological polar surface area (TPSA) is 67.4 Å². The molecule has 7 heteroatoms. The van der Waals surface area contributed by atoms with Crippen LogP contribution in [0.1, 0.15) is 6.92 Å². The van der Waals surface area contributed by atoms with Crippen molar-refractivity contribution < 1.29 is 14.3 Å². The summed E-state index contributed by atoms with van der Waals surface area (Å²) >= 11 is 7.26. The highest BCUT2D eigenvalue weighted by molar-refractivity contribution is 8.01. The van der Waals surface area contributed by atoms with Crippen LogP contribution in [0.25, 0.3) is 0 Å². The lowest BCUT2D eigenvalue weighted by Gasteiger charge is -2.13. The lowest BCUT2D eigenvalue weighted by Crippen LogP contribution is -2.25. The van der Waals surface area contributed by atoms with E-state index in [1.807, 2.05) is 12.1 Å². The number of rotatable bonds is 7. The number of anilines is 2. The van der Waals surface area contributed by atoms with Crippen molar-refractivity contribution in [1.29, 1.82) is 0 Å². The van der Waals surface area contributed by atoms with Crippen molar-refractivity contribution in [2.24, 2.45) is 0 Å². The maximum Gasteiger partial charge on any atom is 0.237 e. The van der Waals surface area contributed by atoms with E-state index in [1.54, 1.807) is 50.4 Å². The van der Waals surface area contributed by atoms with Crippen LogP contribution in [0.2, 0.25) is 5.02 Å². The van der Waals surface area contributed by atoms with Gasteiger partial charge in [0.15, 0.2) is 0 Å². The summed E-state index contributed by atoms with van der Waals surface area (Å²) < 4.78 is 5.19. The van der Waals surface area contributed by atoms with Gasteiger partial charge in [-0.3, -0.25) is 9.59 Å². The predicted molar refractivity (Wildman–Crippen MR) is 104 cm³/mol. The van der Waals surface area contributed by atoms with Gasteiger partial charge < -0.3 is 15.4 Å². The van der Waals surface area contributed by atoms with Gasteiger partial charge in [0.1, 0.15) is 5.75 Å². The average Bonchev–Trinajstić information content (AvgIpc) is 2.62. The molecule has 0 aliphatic heterocycles. The third-order valence-corrected chi connectivity index (χ3v) is 4.82. The number of thioether (sulfide) groups is 1. The second-order valence-corrected chi connectivity index (χ2v) is 6.91. The number of nitrogens with one attached hydrogen (secondary N) is 2. The zero-order valence-electron chi connectivity index (χ0n) is 13.9. The van der Waals surface area contributed by atoms with E-state index in [0.717, 1.165) is 0 Å². The minimum Gasteiger partial charge on any atom is -0.495 e. The highest BCUT2D eigenvalue weighted by Gasteiger charge is 2.17. The fourth-order valence-corrected chi connectivity index (χ4v) is 2.87. The van der Waals surface area contributed by atoms with E-state index in [4.69, 9.17) is 16.3 Å². The van der Waals surface area contributed by atoms with Gasteiger partial charge in [-0.2, -0.15) is 0 Å². The van der Waals surface area contributed by atoms with E-state index in [-0.39, 0.29) is 17.6 Å². The average molecular weight is 379 g/mol. The van der Waals surface area contributed by atoms with Gasteiger partial charge in [-0.25, -0.2) is 0 Å². The molecule has 2 aromatic carbocycles. The highest BCUT2D eigenvalue weighted by Crippen LogP contribution is 2.24. The fourth-order valence-electron chi connectivity index (χ4n) is 2.01. The van der Waals surface area contributed by atoms with Crippen molar-refractivity contribution in [2.75, 3.05) is 23.5 Å². The minimum atomic E-state index is -0.403. The summed E-state index contributed by atoms with van der Waals surface area (Å²) in [5.74, 6) is 0.329. The highest BCUT2D eigenvalue weighted by atomic mass is 35.5. The van der Waals surface area contributed by atoms with Crippen LogP contribution in [0, 0.1) is 0 Å². The van der Waals surface area contributed by atoms with Crippen molar-refractivity contribution in [3.8, 4) is 5.75 Å². The molecule has 1 atom stereocenters. The predicted octanol–water partition coefficient (Wildman–Crippen LogP) is 4.05. The molecule has 25 heavy (non-hydrogen) atoms. The molecule has 0 heterocycles. The van der Waals surface area contributed by atoms with Gasteiger partial charge in [0, 0.05) is 0 Å². The molecule has 0 saturated heterocycles. The van der Waals surface area contributed by atoms with Crippen molar-refractivity contribution in [3.05, 3.63) is 53.6 Å². The molecule has 2 amide bonds. The van der Waals surface area contributed by atoms with Gasteiger partial charge in [0.05, 0.1) is 34.5 Å². The molecular weight excluding hydrogens is 360 g/mol. The molecule has 0 aliphatic carbocycles. The molecule has 1 unspecified atom stereocenters. The molecule has 0 radical (unpaired) electrons. The van der Waals surface area contributed by atoms with E-state index >= 15 is 0 Å². The summed E-state index contributed by atoms with van der Waals surface area (Å²) in [4.78, 5) is 24.3. The third kappa shape index (κ3) is 5.69. The zero-order chi connectivity index (χ0) is 18.2. The zero-order valence-corrected chi connectivity index (χ0v) is 15.5. The Hall–Kier alpha value is -2.18. The minimum absolute atomic E-state index is 0.148. The van der Waals surface area contributed by atoms with E-state index < -0.39 is 5.25 Å². The van der Waals surface area contributed by atoms with Gasteiger partial charge >= 0.3 is 0 Å². The Morgan fingerprint density at radius 3 is 2.40 bits per heavy atom. The molecule has 132 valence electrons. The molecule has 0 fully saturated rings. The second-order valence-electron chi connectivity index (χ2n) is 5.17. The van der Waals surface area contributed by atoms with Gasteiger partial charge in [-0.05, 0) is 31.2 Å². The van der Waals surface area contributed by atoms with Gasteiger partial charge in [0.25, 0.3) is 0 Å². The number of amides is 2. The molecule has 2 aromatic rings. The number of hydrogen-bond donors (Lipinski definition) is 2. The van der Waals surface area contributed by atoms with Gasteiger partial charge in [-0.1, -0.05) is 35.9 Å². The summed E-state index contributed by atoms with van der Waals surface area (Å²) in [6.07, 6.45) is 0. The van der Waals surface area contributed by atoms with E-state index in [9.17, 15) is 9.59 Å². The smallest absolute Gasteiger partial charge is 0.237 e. The second kappa shape index (κ2) is 9.34. The number of halogens is 1. The van der Waals surface area contributed by atoms with E-state index in [1.165, 1.54) is 11.8 Å². The summed E-state index contributed by atoms with van der Waals surface area (Å²) in [5, 5.41) is 5.61. The van der Waals surface area contributed by atoms with Crippen LogP contribution in [-0.2, 0) is 9.59 Å². The Labute approximate surface area is 156 Å². The van der Waals surface area contributed by atoms with Crippen molar-refractivity contribution in [3.63, 3.8) is 0 Å². The van der Waals surface area contributed by atoms with E-state index in [2.05, 4.69) is 10.6 Å². The normalized spacial score (nSPS) is 11.5. The summed E-state index contributed by atoms with van der Waals surface area (Å²) in [7, 11) is 1.54. The van der Waals surface area contributed by atoms with Crippen molar-refractivity contribution in [2.45, 2.75) is 12.2 Å². The molecule has 0 aromatic heterocycles. The fraction of sp³-hybridized carbons (Fsp3) is 0.222. The maximum absolute atomic E-state index is 12.2. The number of benzene rings is 2. The van der Waals surface area contributed by atoms with Crippen LogP contribution in [0.5, 0.6) is 5.75 Å². The first kappa shape index (κ1) is 19.1. The van der Waals surface area contributed by atoms with Crippen LogP contribution >= 0.6 is 23.4 Å². The third-order valence-electron chi connectivity index (χ3n) is 3.35. The van der Waals surface area contributed by atoms with Crippen molar-refractivity contribution >= 4 is 46.6 Å². The number of hydrogen-bond acceptors (Lipinski definition) is 4. The SMILES string of the molecule is COc1ccccc1NC(=O)CSC(C)C(=O)Nc1ccccc1Cl. The van der Waals surface area contributed by atoms with Crippen LogP contribution in [0.4, 0.5) is 11.4 Å². The Bertz CT molecular complexity index is 755. The molecule has 5 nitrogen and oxygen atoms in total. The Morgan fingerprint density at radius 1 is 1.08 bits per heavy atom. The molecule has 0 spiro atoms. The maximum atomic E-state index is 12.2. The largest absolute Gasteiger partial charge is 0.495 e. The molecule has 2 N–H and O–H groups in total. The first-order valence-electron chi connectivity index (χ1n) is 7.61. The molecule has 0 aliphatic rings. The first-order chi connectivity index (χ1) is 12.0. The monoisotopic (exact) mass is 378 g/mol. The van der Waals surface area contributed by atoms with Crippen LogP contribution in [0.3, 0.4) is 0 Å². The Morgan fingerprint density at radius 2 is 1.72 bits per heavy atom. The number of ether oxygens (including phenoxy) is 1. The number of carbonyl (C=O) groups excluding carboxylic acids is 2. The molecule has 2 rings (SSSR count). The lowest BCUT2D eigenvalue weighted by atomic mass is 10.3. The standard InChI is InChI=1S/C18H19ClN2O3S/c1-12(18(23)21-14-8-4-3-7-13(14)19)25-11-17(22)20-15-9-5-6-10-16(15)24-2/h3-10,12H,11H2,1-2H3,(H,20,22)(H,21,23). The molecule has 0 saturated carbocycles. The quantitative estimate of drug-likeness (QED) is 0.762. The summed E-state index contributed by atoms with van der Waals surface area (Å²) in [6.45, 7) is 1.74. The number of carbonyl (C=O) groups is 2. The van der Waals surface area contributed by atoms with Crippen LogP contribution in [0.15, 0.2) is 48.5 Å². The van der Waals surface area contributed by atoms with Crippen molar-refractivity contribution in [1.82, 2.24) is 0 Å². The molecule has 0 bridgehead atoms. The summed E-state index contributed by atoms with van der Waals surface area (Å²) in [6, 6.07) is 14.2. The van der Waals surface area contributed by atoms with Crippen LogP contribution in [-0.4, -0.2) is 29.9 Å². The first-order valence-corrected chi connectivity index (χ1v) is 9.03. The Kier molecular flexibility index (Phi) is 7.16. The van der Waals surface area contributed by atoms with Crippen LogP contribution < -0.4 is 15.4 Å². The lowest BCUT2D eigenvalue weighted by molar-refractivity contribution is -0.115. The Balaban J connectivity index is 1.84. The number of methoxy groups -OCH3 is 1. The van der Waals surface area contributed by atoms with Gasteiger partial charge in [-0.15, -0.1) is 11.8 Å². The summed E-state index contributed by atoms with van der Waals surface area (Å²) in [5.41, 5.74) is 1.16. The molecular formula is C18H19ClN2O3S. The van der Waals surface area contributed by atoms with Gasteiger partial charge in [0.2, 0.25) is 11.8 Å². The van der Waals surface area contributed by atoms with E-state index in [0.29, 0.717) is 22.1 Å². The number of para-hydroxylation sites is 3.